The minimum atomic E-state index is 0.595. The van der Waals surface area contributed by atoms with Crippen molar-refractivity contribution in [3.63, 3.8) is 0 Å². The second-order valence-corrected chi connectivity index (χ2v) is 18.4. The first-order valence-corrected chi connectivity index (χ1v) is 23.0. The van der Waals surface area contributed by atoms with E-state index < -0.39 is 0 Å². The number of fused-ring (bicyclic) bond motifs is 13. The van der Waals surface area contributed by atoms with E-state index in [-0.39, 0.29) is 0 Å². The molecule has 0 unspecified atom stereocenters. The molecule has 0 radical (unpaired) electrons. The zero-order valence-electron chi connectivity index (χ0n) is 34.0. The highest BCUT2D eigenvalue weighted by Crippen LogP contribution is 2.47. The Morgan fingerprint density at radius 2 is 1.02 bits per heavy atom. The number of nitrogens with zero attached hydrogens (tertiary/aromatic N) is 4. The van der Waals surface area contributed by atoms with Crippen LogP contribution in [0.25, 0.3) is 135 Å². The lowest BCUT2D eigenvalue weighted by molar-refractivity contribution is 0.669. The lowest BCUT2D eigenvalue weighted by Gasteiger charge is -2.12. The van der Waals surface area contributed by atoms with Crippen molar-refractivity contribution in [2.75, 3.05) is 0 Å². The largest absolute Gasteiger partial charge is 0.456 e. The Bertz CT molecular complexity index is 4200. The molecular weight excluding hydrogens is 821 g/mol. The molecule has 0 fully saturated rings. The number of hydrogen-bond donors (Lipinski definition) is 0. The van der Waals surface area contributed by atoms with Gasteiger partial charge in [-0.3, -0.25) is 0 Å². The Morgan fingerprint density at radius 1 is 0.359 bits per heavy atom. The Hall–Kier alpha value is -7.97. The van der Waals surface area contributed by atoms with Gasteiger partial charge in [-0.25, -0.2) is 15.0 Å². The number of furan rings is 1. The topological polar surface area (TPSA) is 56.7 Å². The van der Waals surface area contributed by atoms with E-state index >= 15 is 0 Å². The summed E-state index contributed by atoms with van der Waals surface area (Å²) in [6.45, 7) is 0. The summed E-state index contributed by atoms with van der Waals surface area (Å²) >= 11 is 3.65. The van der Waals surface area contributed by atoms with Crippen LogP contribution in [0.1, 0.15) is 0 Å². The van der Waals surface area contributed by atoms with Crippen LogP contribution in [0.3, 0.4) is 0 Å². The van der Waals surface area contributed by atoms with Gasteiger partial charge in [-0.1, -0.05) is 133 Å². The van der Waals surface area contributed by atoms with Gasteiger partial charge < -0.3 is 8.98 Å². The van der Waals surface area contributed by atoms with E-state index in [4.69, 9.17) is 19.4 Å². The molecule has 0 atom stereocenters. The van der Waals surface area contributed by atoms with Crippen molar-refractivity contribution in [3.05, 3.63) is 194 Å². The maximum Gasteiger partial charge on any atom is 0.164 e. The second kappa shape index (κ2) is 13.8. The van der Waals surface area contributed by atoms with Crippen molar-refractivity contribution in [1.29, 1.82) is 0 Å². The SMILES string of the molecule is c1ccc(-c2nc(-c3ccc4c(c3)sc3ccccc34)nc(-c3cccc4oc5ccc(-c6cccc7c8c9c(ccc8n(-c8ccccc8)c67)sc6ccccc69)cc5c34)n2)cc1. The zero-order valence-corrected chi connectivity index (χ0v) is 35.6. The summed E-state index contributed by atoms with van der Waals surface area (Å²) in [7, 11) is 0. The van der Waals surface area contributed by atoms with Crippen molar-refractivity contribution in [1.82, 2.24) is 19.5 Å². The molecule has 14 rings (SSSR count). The van der Waals surface area contributed by atoms with Crippen LogP contribution in [0.15, 0.2) is 199 Å². The smallest absolute Gasteiger partial charge is 0.164 e. The Morgan fingerprint density at radius 3 is 1.88 bits per heavy atom. The summed E-state index contributed by atoms with van der Waals surface area (Å²) < 4.78 is 14.2. The van der Waals surface area contributed by atoms with Gasteiger partial charge in [0.1, 0.15) is 11.2 Å². The van der Waals surface area contributed by atoms with E-state index in [1.165, 1.54) is 62.2 Å². The summed E-state index contributed by atoms with van der Waals surface area (Å²) in [5, 5.41) is 9.58. The molecule has 7 heteroatoms. The van der Waals surface area contributed by atoms with E-state index in [0.29, 0.717) is 17.5 Å². The van der Waals surface area contributed by atoms with Gasteiger partial charge in [0.05, 0.1) is 11.0 Å². The third-order valence-corrected chi connectivity index (χ3v) is 14.9. The molecule has 5 heterocycles. The first kappa shape index (κ1) is 35.6. The Kier molecular flexibility index (Phi) is 7.66. The minimum absolute atomic E-state index is 0.595. The highest BCUT2D eigenvalue weighted by atomic mass is 32.1. The molecule has 64 heavy (non-hydrogen) atoms. The van der Waals surface area contributed by atoms with Gasteiger partial charge in [0.15, 0.2) is 17.5 Å². The molecule has 0 aliphatic rings. The van der Waals surface area contributed by atoms with Gasteiger partial charge >= 0.3 is 0 Å². The fourth-order valence-electron chi connectivity index (χ4n) is 9.84. The maximum atomic E-state index is 6.65. The van der Waals surface area contributed by atoms with E-state index in [1.807, 2.05) is 41.7 Å². The van der Waals surface area contributed by atoms with Gasteiger partial charge in [-0.2, -0.15) is 0 Å². The highest BCUT2D eigenvalue weighted by Gasteiger charge is 2.23. The number of rotatable bonds is 5. The molecule has 0 N–H and O–H groups in total. The minimum Gasteiger partial charge on any atom is -0.456 e. The quantitative estimate of drug-likeness (QED) is 0.173. The molecule has 0 amide bonds. The Labute approximate surface area is 373 Å². The van der Waals surface area contributed by atoms with Crippen molar-refractivity contribution in [2.24, 2.45) is 0 Å². The van der Waals surface area contributed by atoms with E-state index in [0.717, 1.165) is 55.4 Å². The standard InChI is InChI=1S/C57H32N4OS2/c1-3-13-33(14-4-1)55-58-56(35-25-27-39-38-17-7-9-23-47(38)64-50(39)32-35)60-57(59-55)42-21-12-22-46-51(42)43-31-34(26-29-45(43)62-46)37-19-11-20-41-52-44(61(54(37)41)36-15-5-2-6-16-36)28-30-49-53(52)40-18-8-10-24-48(40)63-49/h1-32H. The molecule has 9 aromatic carbocycles. The van der Waals surface area contributed by atoms with Crippen LogP contribution >= 0.6 is 22.7 Å². The monoisotopic (exact) mass is 852 g/mol. The molecule has 5 nitrogen and oxygen atoms in total. The number of para-hydroxylation sites is 2. The fraction of sp³-hybridized carbons (Fsp3) is 0. The first-order valence-electron chi connectivity index (χ1n) is 21.3. The molecule has 5 aromatic heterocycles. The third kappa shape index (κ3) is 5.32. The fourth-order valence-corrected chi connectivity index (χ4v) is 12.1. The van der Waals surface area contributed by atoms with Gasteiger partial charge in [0, 0.05) is 89.8 Å². The van der Waals surface area contributed by atoms with Crippen LogP contribution in [0.4, 0.5) is 0 Å². The van der Waals surface area contributed by atoms with Gasteiger partial charge in [-0.05, 0) is 66.2 Å². The molecular formula is C57H32N4OS2. The van der Waals surface area contributed by atoms with Crippen LogP contribution in [0, 0.1) is 0 Å². The summed E-state index contributed by atoms with van der Waals surface area (Å²) in [5.74, 6) is 1.84. The average molecular weight is 853 g/mol. The normalized spacial score (nSPS) is 12.1. The van der Waals surface area contributed by atoms with Crippen molar-refractivity contribution < 1.29 is 4.42 Å². The first-order chi connectivity index (χ1) is 31.7. The van der Waals surface area contributed by atoms with Crippen LogP contribution in [0.2, 0.25) is 0 Å². The second-order valence-electron chi connectivity index (χ2n) is 16.3. The van der Waals surface area contributed by atoms with Crippen LogP contribution < -0.4 is 0 Å². The molecule has 0 saturated carbocycles. The predicted octanol–water partition coefficient (Wildman–Crippen LogP) is 16.3. The summed E-state index contributed by atoms with van der Waals surface area (Å²) in [6, 6.07) is 69.0. The van der Waals surface area contributed by atoms with Crippen LogP contribution in [0.5, 0.6) is 0 Å². The van der Waals surface area contributed by atoms with Crippen molar-refractivity contribution >= 4 is 107 Å². The molecule has 0 aliphatic carbocycles. The van der Waals surface area contributed by atoms with E-state index in [9.17, 15) is 0 Å². The van der Waals surface area contributed by atoms with Crippen LogP contribution in [-0.4, -0.2) is 19.5 Å². The molecule has 298 valence electrons. The Balaban J connectivity index is 1.00. The lowest BCUT2D eigenvalue weighted by Crippen LogP contribution is -2.00. The summed E-state index contributed by atoms with van der Waals surface area (Å²) in [6.07, 6.45) is 0. The average Bonchev–Trinajstić information content (AvgIpc) is 4.12. The number of thiophene rings is 2. The van der Waals surface area contributed by atoms with Gasteiger partial charge in [0.2, 0.25) is 0 Å². The van der Waals surface area contributed by atoms with Crippen LogP contribution in [-0.2, 0) is 0 Å². The van der Waals surface area contributed by atoms with Gasteiger partial charge in [-0.15, -0.1) is 22.7 Å². The number of benzene rings is 9. The molecule has 0 saturated heterocycles. The molecule has 0 bridgehead atoms. The molecule has 0 aliphatic heterocycles. The van der Waals surface area contributed by atoms with E-state index in [2.05, 4.69) is 168 Å². The summed E-state index contributed by atoms with van der Waals surface area (Å²) in [4.78, 5) is 15.6. The van der Waals surface area contributed by atoms with Crippen molar-refractivity contribution in [2.45, 2.75) is 0 Å². The number of aromatic nitrogens is 4. The van der Waals surface area contributed by atoms with Gasteiger partial charge in [0.25, 0.3) is 0 Å². The third-order valence-electron chi connectivity index (χ3n) is 12.7. The number of hydrogen-bond acceptors (Lipinski definition) is 6. The van der Waals surface area contributed by atoms with E-state index in [1.54, 1.807) is 11.3 Å². The predicted molar refractivity (Wildman–Crippen MR) is 269 cm³/mol. The summed E-state index contributed by atoms with van der Waals surface area (Å²) in [5.41, 5.74) is 10.1. The van der Waals surface area contributed by atoms with Crippen molar-refractivity contribution in [3.8, 4) is 51.0 Å². The molecule has 14 aromatic rings. The zero-order chi connectivity index (χ0) is 41.9. The highest BCUT2D eigenvalue weighted by molar-refractivity contribution is 7.26. The lowest BCUT2D eigenvalue weighted by atomic mass is 9.98. The maximum absolute atomic E-state index is 6.65. The molecule has 0 spiro atoms.